The summed E-state index contributed by atoms with van der Waals surface area (Å²) in [5.41, 5.74) is 2.31. The summed E-state index contributed by atoms with van der Waals surface area (Å²) in [7, 11) is 0. The van der Waals surface area contributed by atoms with Crippen LogP contribution >= 0.6 is 12.2 Å². The van der Waals surface area contributed by atoms with Gasteiger partial charge in [0, 0.05) is 18.7 Å². The van der Waals surface area contributed by atoms with Gasteiger partial charge in [-0.1, -0.05) is 30.3 Å². The summed E-state index contributed by atoms with van der Waals surface area (Å²) in [6, 6.07) is 14.6. The third-order valence-corrected chi connectivity index (χ3v) is 4.02. The lowest BCUT2D eigenvalue weighted by atomic mass is 10.1. The molecule has 108 valence electrons. The van der Waals surface area contributed by atoms with Gasteiger partial charge in [-0.2, -0.15) is 0 Å². The molecule has 21 heavy (non-hydrogen) atoms. The summed E-state index contributed by atoms with van der Waals surface area (Å²) >= 11 is 5.45. The van der Waals surface area contributed by atoms with Crippen molar-refractivity contribution in [1.29, 1.82) is 0 Å². The van der Waals surface area contributed by atoms with E-state index in [-0.39, 0.29) is 0 Å². The third kappa shape index (κ3) is 3.00. The largest absolute Gasteiger partial charge is 0.469 e. The Labute approximate surface area is 129 Å². The fourth-order valence-corrected chi connectivity index (χ4v) is 2.92. The number of benzene rings is 1. The van der Waals surface area contributed by atoms with Gasteiger partial charge >= 0.3 is 0 Å². The minimum absolute atomic E-state index is 0.309. The zero-order valence-electron chi connectivity index (χ0n) is 12.0. The van der Waals surface area contributed by atoms with Crippen LogP contribution in [0.5, 0.6) is 0 Å². The quantitative estimate of drug-likeness (QED) is 0.673. The summed E-state index contributed by atoms with van der Waals surface area (Å²) < 4.78 is 8.36. The van der Waals surface area contributed by atoms with Crippen molar-refractivity contribution in [1.82, 2.24) is 9.55 Å². The zero-order chi connectivity index (χ0) is 14.7. The molecule has 1 N–H and O–H groups in total. The van der Waals surface area contributed by atoms with Crippen molar-refractivity contribution < 1.29 is 4.42 Å². The van der Waals surface area contributed by atoms with Gasteiger partial charge in [-0.15, -0.1) is 0 Å². The highest BCUT2D eigenvalue weighted by Gasteiger charge is 2.13. The van der Waals surface area contributed by atoms with Gasteiger partial charge in [0.15, 0.2) is 4.77 Å². The summed E-state index contributed by atoms with van der Waals surface area (Å²) in [6.07, 6.45) is 5.60. The van der Waals surface area contributed by atoms with E-state index in [0.717, 1.165) is 29.1 Å². The fraction of sp³-hybridized carbons (Fsp3) is 0.235. The van der Waals surface area contributed by atoms with Crippen LogP contribution in [0.4, 0.5) is 0 Å². The Hall–Kier alpha value is -2.07. The monoisotopic (exact) mass is 298 g/mol. The van der Waals surface area contributed by atoms with Crippen molar-refractivity contribution in [2.24, 2.45) is 0 Å². The predicted molar refractivity (Wildman–Crippen MR) is 86.8 cm³/mol. The lowest BCUT2D eigenvalue weighted by Crippen LogP contribution is -2.08. The summed E-state index contributed by atoms with van der Waals surface area (Å²) in [6.45, 7) is 2.19. The van der Waals surface area contributed by atoms with Gasteiger partial charge < -0.3 is 14.0 Å². The van der Waals surface area contributed by atoms with Gasteiger partial charge in [0.25, 0.3) is 0 Å². The number of aromatic nitrogens is 2. The highest BCUT2D eigenvalue weighted by Crippen LogP contribution is 2.25. The molecule has 0 saturated carbocycles. The minimum atomic E-state index is 0.309. The Kier molecular flexibility index (Phi) is 4.06. The van der Waals surface area contributed by atoms with E-state index < -0.39 is 0 Å². The standard InChI is InChI=1S/C17H18N2OS/c1-13(9-10-15-8-5-11-20-15)19-16(12-18-17(19)21)14-6-3-2-4-7-14/h2-8,11-13H,9-10H2,1H3,(H,18,21). The van der Waals surface area contributed by atoms with Crippen LogP contribution in [0.25, 0.3) is 11.3 Å². The van der Waals surface area contributed by atoms with E-state index in [1.807, 2.05) is 36.5 Å². The Bertz CT molecular complexity index is 741. The molecule has 1 aromatic carbocycles. The van der Waals surface area contributed by atoms with E-state index in [2.05, 4.69) is 28.6 Å². The number of aryl methyl sites for hydroxylation is 1. The number of nitrogens with zero attached hydrogens (tertiary/aromatic N) is 1. The van der Waals surface area contributed by atoms with Crippen LogP contribution in [0, 0.1) is 4.77 Å². The van der Waals surface area contributed by atoms with Crippen LogP contribution in [0.15, 0.2) is 59.3 Å². The first-order valence-electron chi connectivity index (χ1n) is 7.13. The Morgan fingerprint density at radius 2 is 2.00 bits per heavy atom. The normalized spacial score (nSPS) is 12.4. The van der Waals surface area contributed by atoms with Crippen molar-refractivity contribution in [2.45, 2.75) is 25.8 Å². The van der Waals surface area contributed by atoms with Crippen LogP contribution in [-0.2, 0) is 6.42 Å². The Morgan fingerprint density at radius 3 is 2.71 bits per heavy atom. The predicted octanol–water partition coefficient (Wildman–Crippen LogP) is 5.00. The van der Waals surface area contributed by atoms with E-state index in [9.17, 15) is 0 Å². The molecule has 0 bridgehead atoms. The minimum Gasteiger partial charge on any atom is -0.469 e. The molecule has 3 rings (SSSR count). The molecule has 0 fully saturated rings. The van der Waals surface area contributed by atoms with Gasteiger partial charge in [-0.3, -0.25) is 0 Å². The molecule has 4 heteroatoms. The molecule has 2 heterocycles. The number of imidazole rings is 1. The lowest BCUT2D eigenvalue weighted by molar-refractivity contribution is 0.452. The topological polar surface area (TPSA) is 33.9 Å². The van der Waals surface area contributed by atoms with Gasteiger partial charge in [0.1, 0.15) is 5.76 Å². The van der Waals surface area contributed by atoms with Crippen LogP contribution in [0.1, 0.15) is 25.1 Å². The molecular weight excluding hydrogens is 280 g/mol. The molecule has 0 spiro atoms. The average molecular weight is 298 g/mol. The van der Waals surface area contributed by atoms with Crippen molar-refractivity contribution in [3.63, 3.8) is 0 Å². The van der Waals surface area contributed by atoms with Gasteiger partial charge in [-0.05, 0) is 43.3 Å². The molecule has 0 aliphatic heterocycles. The number of hydrogen-bond donors (Lipinski definition) is 1. The van der Waals surface area contributed by atoms with Gasteiger partial charge in [-0.25, -0.2) is 0 Å². The maximum absolute atomic E-state index is 5.45. The summed E-state index contributed by atoms with van der Waals surface area (Å²) in [5.74, 6) is 1.02. The van der Waals surface area contributed by atoms with Crippen LogP contribution in [-0.4, -0.2) is 9.55 Å². The second kappa shape index (κ2) is 6.14. The molecular formula is C17H18N2OS. The molecule has 0 aliphatic rings. The number of aromatic amines is 1. The van der Waals surface area contributed by atoms with E-state index in [1.165, 1.54) is 5.56 Å². The Morgan fingerprint density at radius 1 is 1.19 bits per heavy atom. The SMILES string of the molecule is CC(CCc1ccco1)n1c(-c2ccccc2)c[nH]c1=S. The second-order valence-corrected chi connectivity index (χ2v) is 5.57. The summed E-state index contributed by atoms with van der Waals surface area (Å²) in [4.78, 5) is 3.16. The summed E-state index contributed by atoms with van der Waals surface area (Å²) in [5, 5.41) is 0. The van der Waals surface area contributed by atoms with E-state index >= 15 is 0 Å². The van der Waals surface area contributed by atoms with Gasteiger partial charge in [0.05, 0.1) is 12.0 Å². The number of H-pyrrole nitrogens is 1. The number of furan rings is 1. The molecule has 1 unspecified atom stereocenters. The maximum atomic E-state index is 5.45. The molecule has 2 aromatic heterocycles. The van der Waals surface area contributed by atoms with Gasteiger partial charge in [0.2, 0.25) is 0 Å². The lowest BCUT2D eigenvalue weighted by Gasteiger charge is -2.16. The number of hydrogen-bond acceptors (Lipinski definition) is 2. The van der Waals surface area contributed by atoms with Crippen LogP contribution in [0.2, 0.25) is 0 Å². The van der Waals surface area contributed by atoms with E-state index in [0.29, 0.717) is 6.04 Å². The number of rotatable bonds is 5. The van der Waals surface area contributed by atoms with E-state index in [1.54, 1.807) is 6.26 Å². The van der Waals surface area contributed by atoms with E-state index in [4.69, 9.17) is 16.6 Å². The molecule has 3 nitrogen and oxygen atoms in total. The smallest absolute Gasteiger partial charge is 0.177 e. The van der Waals surface area contributed by atoms with Crippen molar-refractivity contribution >= 4 is 12.2 Å². The average Bonchev–Trinajstić information content (AvgIpc) is 3.15. The first-order valence-corrected chi connectivity index (χ1v) is 7.54. The molecule has 0 aliphatic carbocycles. The fourth-order valence-electron chi connectivity index (χ4n) is 2.58. The van der Waals surface area contributed by atoms with Crippen LogP contribution in [0.3, 0.4) is 0 Å². The molecule has 1 atom stereocenters. The number of nitrogens with one attached hydrogen (secondary N) is 1. The third-order valence-electron chi connectivity index (χ3n) is 3.71. The zero-order valence-corrected chi connectivity index (χ0v) is 12.8. The molecule has 0 radical (unpaired) electrons. The molecule has 3 aromatic rings. The first kappa shape index (κ1) is 13.9. The molecule has 0 amide bonds. The highest BCUT2D eigenvalue weighted by atomic mass is 32.1. The van der Waals surface area contributed by atoms with Crippen molar-refractivity contribution in [2.75, 3.05) is 0 Å². The second-order valence-electron chi connectivity index (χ2n) is 5.18. The van der Waals surface area contributed by atoms with Crippen LogP contribution < -0.4 is 0 Å². The highest BCUT2D eigenvalue weighted by molar-refractivity contribution is 7.71. The maximum Gasteiger partial charge on any atom is 0.177 e. The molecule has 0 saturated heterocycles. The van der Waals surface area contributed by atoms with Crippen molar-refractivity contribution in [3.05, 3.63) is 65.5 Å². The first-order chi connectivity index (χ1) is 10.3. The van der Waals surface area contributed by atoms with Crippen molar-refractivity contribution in [3.8, 4) is 11.3 Å². The Balaban J connectivity index is 1.84.